The van der Waals surface area contributed by atoms with E-state index in [4.69, 9.17) is 25.8 Å². The Morgan fingerprint density at radius 1 is 0.926 bits per heavy atom. The molecule has 0 unspecified atom stereocenters. The van der Waals surface area contributed by atoms with Gasteiger partial charge in [-0.05, 0) is 62.2 Å². The lowest BCUT2D eigenvalue weighted by atomic mass is 10.1. The molecule has 27 heavy (non-hydrogen) atoms. The van der Waals surface area contributed by atoms with Crippen molar-refractivity contribution >= 4 is 17.6 Å². The summed E-state index contributed by atoms with van der Waals surface area (Å²) in [5.74, 6) is 2.09. The van der Waals surface area contributed by atoms with Crippen LogP contribution in [0.15, 0.2) is 42.5 Å². The minimum atomic E-state index is -0.292. The second kappa shape index (κ2) is 11.2. The number of rotatable bonds is 10. The van der Waals surface area contributed by atoms with Crippen molar-refractivity contribution in [2.75, 3.05) is 26.5 Å². The third kappa shape index (κ3) is 7.27. The number of hydrogen-bond donors (Lipinski definition) is 2. The van der Waals surface area contributed by atoms with Gasteiger partial charge < -0.3 is 24.8 Å². The Bertz CT molecular complexity index is 722. The number of carbonyl (C=O) groups excluding carboxylic acids is 1. The van der Waals surface area contributed by atoms with Crippen LogP contribution in [0.1, 0.15) is 19.4 Å². The fourth-order valence-corrected chi connectivity index (χ4v) is 2.48. The van der Waals surface area contributed by atoms with E-state index in [0.717, 1.165) is 17.1 Å². The molecule has 0 aliphatic carbocycles. The fraction of sp³-hybridized carbons (Fsp3) is 0.350. The molecular weight excluding hydrogens is 368 g/mol. The van der Waals surface area contributed by atoms with Crippen molar-refractivity contribution in [3.8, 4) is 17.2 Å². The van der Waals surface area contributed by atoms with Gasteiger partial charge in [0.15, 0.2) is 18.2 Å². The second-order valence-electron chi connectivity index (χ2n) is 5.57. The van der Waals surface area contributed by atoms with Crippen LogP contribution in [0.25, 0.3) is 0 Å². The second-order valence-corrected chi connectivity index (χ2v) is 6.01. The number of ether oxygens (including phenoxy) is 3. The summed E-state index contributed by atoms with van der Waals surface area (Å²) in [4.78, 5) is 11.8. The molecule has 0 heterocycles. The third-order valence-corrected chi connectivity index (χ3v) is 3.84. The summed E-state index contributed by atoms with van der Waals surface area (Å²) in [7, 11) is 0. The van der Waals surface area contributed by atoms with Crippen LogP contribution >= 0.6 is 11.6 Å². The Morgan fingerprint density at radius 3 is 2.33 bits per heavy atom. The Kier molecular flexibility index (Phi) is 8.58. The molecule has 2 N–H and O–H groups in total. The summed E-state index contributed by atoms with van der Waals surface area (Å²) in [5, 5.41) is 6.07. The smallest absolute Gasteiger partial charge is 0.317 e. The number of halogens is 1. The first-order valence-electron chi connectivity index (χ1n) is 8.91. The van der Waals surface area contributed by atoms with Crippen molar-refractivity contribution in [3.63, 3.8) is 0 Å². The first-order chi connectivity index (χ1) is 13.1. The van der Waals surface area contributed by atoms with Gasteiger partial charge in [-0.1, -0.05) is 17.7 Å². The summed E-state index contributed by atoms with van der Waals surface area (Å²) in [6, 6.07) is 12.4. The van der Waals surface area contributed by atoms with Crippen LogP contribution < -0.4 is 24.8 Å². The van der Waals surface area contributed by atoms with E-state index in [-0.39, 0.29) is 12.8 Å². The molecule has 0 aromatic heterocycles. The maximum Gasteiger partial charge on any atom is 0.317 e. The molecule has 0 bridgehead atoms. The van der Waals surface area contributed by atoms with E-state index in [1.165, 1.54) is 0 Å². The van der Waals surface area contributed by atoms with Gasteiger partial charge in [-0.15, -0.1) is 0 Å². The van der Waals surface area contributed by atoms with E-state index in [1.54, 1.807) is 24.3 Å². The number of nitrogens with one attached hydrogen (secondary N) is 2. The minimum Gasteiger partial charge on any atom is -0.490 e. The number of urea groups is 1. The fourth-order valence-electron chi connectivity index (χ4n) is 2.35. The summed E-state index contributed by atoms with van der Waals surface area (Å²) < 4.78 is 16.6. The third-order valence-electron chi connectivity index (χ3n) is 3.59. The lowest BCUT2D eigenvalue weighted by Gasteiger charge is -2.13. The molecule has 7 heteroatoms. The highest BCUT2D eigenvalue weighted by molar-refractivity contribution is 6.30. The summed E-state index contributed by atoms with van der Waals surface area (Å²) in [5.41, 5.74) is 1.06. The lowest BCUT2D eigenvalue weighted by molar-refractivity contribution is 0.224. The van der Waals surface area contributed by atoms with E-state index < -0.39 is 0 Å². The van der Waals surface area contributed by atoms with Gasteiger partial charge in [0.1, 0.15) is 5.75 Å². The molecule has 6 nitrogen and oxygen atoms in total. The van der Waals surface area contributed by atoms with Crippen LogP contribution in [-0.4, -0.2) is 32.5 Å². The van der Waals surface area contributed by atoms with Crippen LogP contribution in [0.3, 0.4) is 0 Å². The van der Waals surface area contributed by atoms with E-state index in [1.807, 2.05) is 32.0 Å². The predicted molar refractivity (Wildman–Crippen MR) is 106 cm³/mol. The van der Waals surface area contributed by atoms with Gasteiger partial charge in [0, 0.05) is 11.6 Å². The number of benzene rings is 2. The van der Waals surface area contributed by atoms with E-state index in [2.05, 4.69) is 10.6 Å². The molecule has 2 amide bonds. The van der Waals surface area contributed by atoms with Crippen LogP contribution in [-0.2, 0) is 6.42 Å². The average molecular weight is 393 g/mol. The molecule has 2 aromatic carbocycles. The molecule has 0 aliphatic rings. The quantitative estimate of drug-likeness (QED) is 0.599. The van der Waals surface area contributed by atoms with Crippen molar-refractivity contribution < 1.29 is 19.0 Å². The van der Waals surface area contributed by atoms with Gasteiger partial charge in [-0.25, -0.2) is 4.79 Å². The van der Waals surface area contributed by atoms with Crippen molar-refractivity contribution in [2.24, 2.45) is 0 Å². The van der Waals surface area contributed by atoms with Crippen LogP contribution in [0.5, 0.6) is 17.2 Å². The number of carbonyl (C=O) groups is 1. The zero-order valence-electron chi connectivity index (χ0n) is 15.6. The number of hydrogen-bond acceptors (Lipinski definition) is 4. The highest BCUT2D eigenvalue weighted by atomic mass is 35.5. The molecule has 0 fully saturated rings. The molecule has 0 atom stereocenters. The molecule has 0 aliphatic heterocycles. The van der Waals surface area contributed by atoms with E-state index >= 15 is 0 Å². The van der Waals surface area contributed by atoms with Crippen molar-refractivity contribution in [3.05, 3.63) is 53.1 Å². The Morgan fingerprint density at radius 2 is 1.63 bits per heavy atom. The number of amides is 2. The van der Waals surface area contributed by atoms with Gasteiger partial charge in [-0.2, -0.15) is 0 Å². The molecular formula is C20H25ClN2O4. The van der Waals surface area contributed by atoms with Gasteiger partial charge in [0.2, 0.25) is 0 Å². The first-order valence-corrected chi connectivity index (χ1v) is 9.28. The lowest BCUT2D eigenvalue weighted by Crippen LogP contribution is -2.38. The zero-order valence-corrected chi connectivity index (χ0v) is 16.3. The van der Waals surface area contributed by atoms with Crippen molar-refractivity contribution in [1.29, 1.82) is 0 Å². The highest BCUT2D eigenvalue weighted by Gasteiger charge is 2.07. The van der Waals surface area contributed by atoms with Gasteiger partial charge in [0.25, 0.3) is 0 Å². The summed E-state index contributed by atoms with van der Waals surface area (Å²) >= 11 is 5.81. The van der Waals surface area contributed by atoms with E-state index in [9.17, 15) is 4.79 Å². The van der Waals surface area contributed by atoms with Crippen LogP contribution in [0.2, 0.25) is 5.02 Å². The van der Waals surface area contributed by atoms with Crippen LogP contribution in [0, 0.1) is 0 Å². The van der Waals surface area contributed by atoms with Crippen molar-refractivity contribution in [2.45, 2.75) is 20.3 Å². The Hall–Kier alpha value is -2.60. The average Bonchev–Trinajstić information content (AvgIpc) is 2.66. The molecule has 0 radical (unpaired) electrons. The molecule has 2 rings (SSSR count). The molecule has 0 spiro atoms. The van der Waals surface area contributed by atoms with Crippen LogP contribution in [0.4, 0.5) is 4.79 Å². The largest absolute Gasteiger partial charge is 0.490 e. The molecule has 0 saturated carbocycles. The first kappa shape index (κ1) is 20.7. The minimum absolute atomic E-state index is 0.0744. The molecule has 0 saturated heterocycles. The Balaban J connectivity index is 1.72. The standard InChI is InChI=1S/C20H25ClN2O4/c1-3-25-18-10-5-15(13-19(18)26-4-2)11-12-22-20(24)23-14-27-17-8-6-16(21)7-9-17/h5-10,13H,3-4,11-12,14H2,1-2H3,(H2,22,23,24). The molecule has 2 aromatic rings. The topological polar surface area (TPSA) is 68.8 Å². The SMILES string of the molecule is CCOc1ccc(CCNC(=O)NCOc2ccc(Cl)cc2)cc1OCC. The summed E-state index contributed by atoms with van der Waals surface area (Å²) in [6.07, 6.45) is 0.679. The Labute approximate surface area is 164 Å². The normalized spacial score (nSPS) is 10.2. The highest BCUT2D eigenvalue weighted by Crippen LogP contribution is 2.28. The summed E-state index contributed by atoms with van der Waals surface area (Å²) in [6.45, 7) is 5.58. The van der Waals surface area contributed by atoms with Crippen molar-refractivity contribution in [1.82, 2.24) is 10.6 Å². The van der Waals surface area contributed by atoms with Gasteiger partial charge >= 0.3 is 6.03 Å². The van der Waals surface area contributed by atoms with E-state index in [0.29, 0.717) is 37.0 Å². The van der Waals surface area contributed by atoms with Gasteiger partial charge in [0.05, 0.1) is 13.2 Å². The van der Waals surface area contributed by atoms with Gasteiger partial charge in [-0.3, -0.25) is 0 Å². The zero-order chi connectivity index (χ0) is 19.5. The maximum atomic E-state index is 11.8. The predicted octanol–water partition coefficient (Wildman–Crippen LogP) is 4.02. The molecule has 146 valence electrons. The monoisotopic (exact) mass is 392 g/mol. The maximum absolute atomic E-state index is 11.8.